The SMILES string of the molecule is Cc1ccc(NC(=O)c2ccccc2CSc2nc(C)cs2)cc1. The van der Waals surface area contributed by atoms with E-state index >= 15 is 0 Å². The fraction of sp³-hybridized carbons (Fsp3) is 0.158. The third-order valence-electron chi connectivity index (χ3n) is 3.52. The molecule has 0 aliphatic heterocycles. The fourth-order valence-electron chi connectivity index (χ4n) is 2.24. The van der Waals surface area contributed by atoms with Crippen molar-refractivity contribution < 1.29 is 4.79 Å². The Morgan fingerprint density at radius 2 is 1.88 bits per heavy atom. The molecule has 24 heavy (non-hydrogen) atoms. The fourth-order valence-corrected chi connectivity index (χ4v) is 4.09. The van der Waals surface area contributed by atoms with Crippen LogP contribution in [0.4, 0.5) is 5.69 Å². The highest BCUT2D eigenvalue weighted by molar-refractivity contribution is 8.00. The molecule has 122 valence electrons. The summed E-state index contributed by atoms with van der Waals surface area (Å²) in [7, 11) is 0. The highest BCUT2D eigenvalue weighted by Crippen LogP contribution is 2.27. The quantitative estimate of drug-likeness (QED) is 0.632. The van der Waals surface area contributed by atoms with E-state index in [2.05, 4.69) is 10.3 Å². The number of hydrogen-bond donors (Lipinski definition) is 1. The summed E-state index contributed by atoms with van der Waals surface area (Å²) in [6, 6.07) is 15.5. The zero-order valence-electron chi connectivity index (χ0n) is 13.6. The molecule has 1 amide bonds. The Hall–Kier alpha value is -2.11. The van der Waals surface area contributed by atoms with Crippen molar-refractivity contribution in [3.8, 4) is 0 Å². The number of hydrogen-bond acceptors (Lipinski definition) is 4. The summed E-state index contributed by atoms with van der Waals surface area (Å²) in [4.78, 5) is 17.1. The van der Waals surface area contributed by atoms with E-state index in [1.165, 1.54) is 5.56 Å². The second kappa shape index (κ2) is 7.64. The minimum Gasteiger partial charge on any atom is -0.322 e. The van der Waals surface area contributed by atoms with Crippen molar-refractivity contribution in [2.45, 2.75) is 23.9 Å². The van der Waals surface area contributed by atoms with Gasteiger partial charge in [0.1, 0.15) is 4.34 Å². The molecule has 0 radical (unpaired) electrons. The van der Waals surface area contributed by atoms with Crippen LogP contribution >= 0.6 is 23.1 Å². The minimum atomic E-state index is -0.0784. The molecule has 0 unspecified atom stereocenters. The monoisotopic (exact) mass is 354 g/mol. The van der Waals surface area contributed by atoms with Gasteiger partial charge in [0.15, 0.2) is 0 Å². The van der Waals surface area contributed by atoms with E-state index in [-0.39, 0.29) is 5.91 Å². The maximum absolute atomic E-state index is 12.6. The maximum Gasteiger partial charge on any atom is 0.255 e. The van der Waals surface area contributed by atoms with Gasteiger partial charge in [0.2, 0.25) is 0 Å². The van der Waals surface area contributed by atoms with Crippen molar-refractivity contribution >= 4 is 34.7 Å². The van der Waals surface area contributed by atoms with Gasteiger partial charge in [0.05, 0.1) is 0 Å². The molecule has 1 N–H and O–H groups in total. The number of carbonyl (C=O) groups is 1. The molecule has 3 rings (SSSR count). The molecular formula is C19H18N2OS2. The number of anilines is 1. The second-order valence-electron chi connectivity index (χ2n) is 5.52. The molecule has 0 fully saturated rings. The zero-order valence-corrected chi connectivity index (χ0v) is 15.2. The van der Waals surface area contributed by atoms with Crippen molar-refractivity contribution in [3.63, 3.8) is 0 Å². The van der Waals surface area contributed by atoms with Gasteiger partial charge in [-0.25, -0.2) is 4.98 Å². The van der Waals surface area contributed by atoms with E-state index in [0.29, 0.717) is 5.56 Å². The summed E-state index contributed by atoms with van der Waals surface area (Å²) in [5.74, 6) is 0.648. The van der Waals surface area contributed by atoms with Crippen LogP contribution in [-0.4, -0.2) is 10.9 Å². The van der Waals surface area contributed by atoms with Crippen molar-refractivity contribution in [1.82, 2.24) is 4.98 Å². The van der Waals surface area contributed by atoms with Gasteiger partial charge in [-0.1, -0.05) is 47.7 Å². The van der Waals surface area contributed by atoms with Gasteiger partial charge < -0.3 is 5.32 Å². The first kappa shape index (κ1) is 16.7. The first-order valence-corrected chi connectivity index (χ1v) is 9.49. The highest BCUT2D eigenvalue weighted by atomic mass is 32.2. The van der Waals surface area contributed by atoms with E-state index in [9.17, 15) is 4.79 Å². The lowest BCUT2D eigenvalue weighted by Crippen LogP contribution is -2.13. The predicted molar refractivity (Wildman–Crippen MR) is 102 cm³/mol. The van der Waals surface area contributed by atoms with Crippen LogP contribution in [0.25, 0.3) is 0 Å². The molecule has 0 spiro atoms. The standard InChI is InChI=1S/C19H18N2OS2/c1-13-7-9-16(10-8-13)21-18(22)17-6-4-3-5-15(17)12-24-19-20-14(2)11-23-19/h3-11H,12H2,1-2H3,(H,21,22). The maximum atomic E-state index is 12.6. The van der Waals surface area contributed by atoms with Crippen LogP contribution in [0, 0.1) is 13.8 Å². The lowest BCUT2D eigenvalue weighted by molar-refractivity contribution is 0.102. The molecule has 5 heteroatoms. The van der Waals surface area contributed by atoms with Crippen LogP contribution in [0.15, 0.2) is 58.3 Å². The van der Waals surface area contributed by atoms with Gasteiger partial charge in [-0.2, -0.15) is 0 Å². The number of aromatic nitrogens is 1. The predicted octanol–water partition coefficient (Wildman–Crippen LogP) is 5.30. The summed E-state index contributed by atoms with van der Waals surface area (Å²) in [6.07, 6.45) is 0. The van der Waals surface area contributed by atoms with Crippen molar-refractivity contribution in [2.24, 2.45) is 0 Å². The van der Waals surface area contributed by atoms with Crippen molar-refractivity contribution in [2.75, 3.05) is 5.32 Å². The minimum absolute atomic E-state index is 0.0784. The number of benzene rings is 2. The molecule has 0 saturated carbocycles. The van der Waals surface area contributed by atoms with Gasteiger partial charge in [-0.3, -0.25) is 4.79 Å². The Kier molecular flexibility index (Phi) is 5.33. The average molecular weight is 355 g/mol. The zero-order chi connectivity index (χ0) is 16.9. The van der Waals surface area contributed by atoms with Gasteiger partial charge in [-0.05, 0) is 37.6 Å². The van der Waals surface area contributed by atoms with Crippen LogP contribution in [0.3, 0.4) is 0 Å². The van der Waals surface area contributed by atoms with Crippen LogP contribution in [0.1, 0.15) is 27.2 Å². The second-order valence-corrected chi connectivity index (χ2v) is 7.60. The number of thioether (sulfide) groups is 1. The van der Waals surface area contributed by atoms with Gasteiger partial charge in [0, 0.05) is 28.1 Å². The van der Waals surface area contributed by atoms with Crippen molar-refractivity contribution in [1.29, 1.82) is 0 Å². The molecule has 0 atom stereocenters. The Balaban J connectivity index is 1.72. The van der Waals surface area contributed by atoms with Crippen LogP contribution in [0.5, 0.6) is 0 Å². The smallest absolute Gasteiger partial charge is 0.255 e. The summed E-state index contributed by atoms with van der Waals surface area (Å²) in [6.45, 7) is 4.02. The Morgan fingerprint density at radius 1 is 1.12 bits per heavy atom. The number of nitrogens with one attached hydrogen (secondary N) is 1. The Labute approximate surface area is 150 Å². The Morgan fingerprint density at radius 3 is 2.58 bits per heavy atom. The number of rotatable bonds is 5. The Bertz CT molecular complexity index is 841. The molecule has 0 saturated heterocycles. The van der Waals surface area contributed by atoms with Crippen molar-refractivity contribution in [3.05, 3.63) is 76.3 Å². The van der Waals surface area contributed by atoms with Gasteiger partial charge >= 0.3 is 0 Å². The van der Waals surface area contributed by atoms with Crippen LogP contribution in [-0.2, 0) is 5.75 Å². The van der Waals surface area contributed by atoms with Gasteiger partial charge in [-0.15, -0.1) is 11.3 Å². The van der Waals surface area contributed by atoms with Crippen LogP contribution in [0.2, 0.25) is 0 Å². The highest BCUT2D eigenvalue weighted by Gasteiger charge is 2.12. The van der Waals surface area contributed by atoms with E-state index in [1.54, 1.807) is 23.1 Å². The first-order chi connectivity index (χ1) is 11.6. The average Bonchev–Trinajstić information content (AvgIpc) is 3.01. The molecule has 2 aromatic carbocycles. The van der Waals surface area contributed by atoms with E-state index in [4.69, 9.17) is 0 Å². The molecule has 1 aromatic heterocycles. The first-order valence-electron chi connectivity index (χ1n) is 7.62. The summed E-state index contributed by atoms with van der Waals surface area (Å²) < 4.78 is 1.03. The summed E-state index contributed by atoms with van der Waals surface area (Å²) in [5, 5.41) is 5.01. The van der Waals surface area contributed by atoms with E-state index < -0.39 is 0 Å². The largest absolute Gasteiger partial charge is 0.322 e. The lowest BCUT2D eigenvalue weighted by Gasteiger charge is -2.10. The number of aryl methyl sites for hydroxylation is 2. The normalized spacial score (nSPS) is 10.6. The third kappa shape index (κ3) is 4.24. The number of thiazole rings is 1. The topological polar surface area (TPSA) is 42.0 Å². The molecule has 3 aromatic rings. The van der Waals surface area contributed by atoms with Gasteiger partial charge in [0.25, 0.3) is 5.91 Å². The molecular weight excluding hydrogens is 336 g/mol. The molecule has 1 heterocycles. The number of carbonyl (C=O) groups excluding carboxylic acids is 1. The molecule has 3 nitrogen and oxygen atoms in total. The summed E-state index contributed by atoms with van der Waals surface area (Å²) in [5.41, 5.74) is 4.74. The number of amides is 1. The van der Waals surface area contributed by atoms with Crippen LogP contribution < -0.4 is 5.32 Å². The molecule has 0 bridgehead atoms. The van der Waals surface area contributed by atoms with E-state index in [0.717, 1.165) is 27.0 Å². The number of nitrogens with zero attached hydrogens (tertiary/aromatic N) is 1. The molecule has 0 aliphatic carbocycles. The third-order valence-corrected chi connectivity index (χ3v) is 5.71. The molecule has 0 aliphatic rings. The summed E-state index contributed by atoms with van der Waals surface area (Å²) >= 11 is 3.30. The lowest BCUT2D eigenvalue weighted by atomic mass is 10.1. The van der Waals surface area contributed by atoms with E-state index in [1.807, 2.05) is 67.8 Å².